The summed E-state index contributed by atoms with van der Waals surface area (Å²) in [5.41, 5.74) is 7.39. The van der Waals surface area contributed by atoms with Crippen molar-refractivity contribution in [3.05, 3.63) is 45.8 Å². The van der Waals surface area contributed by atoms with Gasteiger partial charge in [0, 0.05) is 16.2 Å². The third-order valence-corrected chi connectivity index (χ3v) is 2.85. The first-order valence-electron chi connectivity index (χ1n) is 5.31. The topological polar surface area (TPSA) is 81.2 Å². The number of nitrogens with one attached hydrogen (secondary N) is 1. The van der Waals surface area contributed by atoms with Crippen molar-refractivity contribution >= 4 is 27.5 Å². The minimum absolute atomic E-state index is 0.247. The molecule has 0 spiro atoms. The molecular formula is C12H12BrN3O2. The maximum atomic E-state index is 11.9. The fourth-order valence-corrected chi connectivity index (χ4v) is 1.85. The number of nitrogens with zero attached hydrogens (tertiary/aromatic N) is 1. The zero-order valence-corrected chi connectivity index (χ0v) is 11.3. The second-order valence-electron chi connectivity index (χ2n) is 3.85. The smallest absolute Gasteiger partial charge is 0.253 e. The molecule has 0 atom stereocenters. The van der Waals surface area contributed by atoms with Crippen molar-refractivity contribution in [3.8, 4) is 0 Å². The van der Waals surface area contributed by atoms with Crippen LogP contribution < -0.4 is 11.1 Å². The molecule has 1 aromatic heterocycles. The molecule has 0 aliphatic carbocycles. The molecule has 18 heavy (non-hydrogen) atoms. The number of halogens is 1. The summed E-state index contributed by atoms with van der Waals surface area (Å²) >= 11 is 3.30. The molecule has 1 aromatic carbocycles. The molecule has 0 aliphatic heterocycles. The Labute approximate surface area is 112 Å². The number of carbonyl (C=O) groups is 1. The average molecular weight is 310 g/mol. The van der Waals surface area contributed by atoms with Gasteiger partial charge in [0.05, 0.1) is 17.8 Å². The molecular weight excluding hydrogens is 298 g/mol. The molecule has 2 rings (SSSR count). The number of aryl methyl sites for hydroxylation is 1. The van der Waals surface area contributed by atoms with Gasteiger partial charge in [-0.25, -0.2) is 0 Å². The van der Waals surface area contributed by atoms with Crippen LogP contribution in [0.2, 0.25) is 0 Å². The first-order valence-corrected chi connectivity index (χ1v) is 6.11. The summed E-state index contributed by atoms with van der Waals surface area (Å²) in [4.78, 5) is 11.9. The molecule has 0 saturated carbocycles. The Morgan fingerprint density at radius 3 is 2.94 bits per heavy atom. The summed E-state index contributed by atoms with van der Waals surface area (Å²) in [6, 6.07) is 6.91. The number of carbonyl (C=O) groups excluding carboxylic acids is 1. The number of anilines is 1. The van der Waals surface area contributed by atoms with Gasteiger partial charge < -0.3 is 15.6 Å². The predicted molar refractivity (Wildman–Crippen MR) is 71.0 cm³/mol. The summed E-state index contributed by atoms with van der Waals surface area (Å²) in [6.45, 7) is 2.10. The van der Waals surface area contributed by atoms with Crippen LogP contribution in [-0.4, -0.2) is 11.1 Å². The van der Waals surface area contributed by atoms with Gasteiger partial charge in [0.15, 0.2) is 5.76 Å². The van der Waals surface area contributed by atoms with Crippen LogP contribution in [-0.2, 0) is 6.54 Å². The van der Waals surface area contributed by atoms with E-state index in [1.54, 1.807) is 24.3 Å². The number of rotatable bonds is 3. The van der Waals surface area contributed by atoms with Crippen molar-refractivity contribution in [2.24, 2.45) is 0 Å². The lowest BCUT2D eigenvalue weighted by atomic mass is 10.1. The Balaban J connectivity index is 2.05. The van der Waals surface area contributed by atoms with Crippen molar-refractivity contribution in [1.82, 2.24) is 10.5 Å². The number of aromatic nitrogens is 1. The fourth-order valence-electron chi connectivity index (χ4n) is 1.49. The maximum Gasteiger partial charge on any atom is 0.253 e. The van der Waals surface area contributed by atoms with E-state index in [1.807, 2.05) is 6.92 Å². The first-order chi connectivity index (χ1) is 8.56. The zero-order chi connectivity index (χ0) is 13.1. The Kier molecular flexibility index (Phi) is 3.66. The normalized spacial score (nSPS) is 10.3. The molecule has 0 unspecified atom stereocenters. The molecule has 3 N–H and O–H groups in total. The van der Waals surface area contributed by atoms with Gasteiger partial charge in [0.25, 0.3) is 5.91 Å². The average Bonchev–Trinajstić information content (AvgIpc) is 2.75. The lowest BCUT2D eigenvalue weighted by Crippen LogP contribution is -2.23. The summed E-state index contributed by atoms with van der Waals surface area (Å²) in [5.74, 6) is 0.359. The first kappa shape index (κ1) is 12.6. The Morgan fingerprint density at radius 1 is 1.50 bits per heavy atom. The van der Waals surface area contributed by atoms with Crippen molar-refractivity contribution in [2.75, 3.05) is 5.73 Å². The molecule has 94 valence electrons. The van der Waals surface area contributed by atoms with Crippen LogP contribution in [0.1, 0.15) is 21.8 Å². The van der Waals surface area contributed by atoms with E-state index >= 15 is 0 Å². The summed E-state index contributed by atoms with van der Waals surface area (Å²) in [5, 5.41) is 6.46. The van der Waals surface area contributed by atoms with Gasteiger partial charge in [-0.05, 0) is 25.1 Å². The molecule has 6 heteroatoms. The maximum absolute atomic E-state index is 11.9. The van der Waals surface area contributed by atoms with E-state index < -0.39 is 0 Å². The summed E-state index contributed by atoms with van der Waals surface area (Å²) in [6.07, 6.45) is 0. The molecule has 2 aromatic rings. The van der Waals surface area contributed by atoms with Crippen LogP contribution in [0.15, 0.2) is 33.3 Å². The molecule has 0 fully saturated rings. The van der Waals surface area contributed by atoms with E-state index in [4.69, 9.17) is 10.3 Å². The van der Waals surface area contributed by atoms with Gasteiger partial charge in [-0.2, -0.15) is 0 Å². The highest BCUT2D eigenvalue weighted by Crippen LogP contribution is 2.18. The fraction of sp³-hybridized carbons (Fsp3) is 0.167. The van der Waals surface area contributed by atoms with E-state index in [1.165, 1.54) is 0 Å². The molecule has 0 radical (unpaired) electrons. The van der Waals surface area contributed by atoms with Gasteiger partial charge >= 0.3 is 0 Å². The lowest BCUT2D eigenvalue weighted by molar-refractivity contribution is 0.0948. The van der Waals surface area contributed by atoms with Gasteiger partial charge in [-0.15, -0.1) is 0 Å². The minimum atomic E-state index is -0.247. The number of nitrogen functional groups attached to an aromatic ring is 1. The SMILES string of the molecule is Cc1cc(CNC(=O)c2cc(Br)ccc2N)on1. The number of benzene rings is 1. The van der Waals surface area contributed by atoms with Gasteiger partial charge in [-0.1, -0.05) is 21.1 Å². The van der Waals surface area contributed by atoms with E-state index in [-0.39, 0.29) is 12.5 Å². The number of hydrogen-bond acceptors (Lipinski definition) is 4. The number of hydrogen-bond donors (Lipinski definition) is 2. The monoisotopic (exact) mass is 309 g/mol. The van der Waals surface area contributed by atoms with Crippen LogP contribution in [0.25, 0.3) is 0 Å². The second-order valence-corrected chi connectivity index (χ2v) is 4.76. The van der Waals surface area contributed by atoms with Crippen LogP contribution in [0.3, 0.4) is 0 Å². The largest absolute Gasteiger partial charge is 0.398 e. The van der Waals surface area contributed by atoms with Crippen molar-refractivity contribution in [3.63, 3.8) is 0 Å². The summed E-state index contributed by atoms with van der Waals surface area (Å²) < 4.78 is 5.80. The molecule has 1 heterocycles. The highest BCUT2D eigenvalue weighted by molar-refractivity contribution is 9.10. The molecule has 5 nitrogen and oxygen atoms in total. The quantitative estimate of drug-likeness (QED) is 0.852. The van der Waals surface area contributed by atoms with Crippen molar-refractivity contribution in [1.29, 1.82) is 0 Å². The van der Waals surface area contributed by atoms with E-state index in [0.717, 1.165) is 10.2 Å². The Bertz CT molecular complexity index is 580. The van der Waals surface area contributed by atoms with E-state index in [2.05, 4.69) is 26.4 Å². The lowest BCUT2D eigenvalue weighted by Gasteiger charge is -2.06. The van der Waals surface area contributed by atoms with Crippen LogP contribution >= 0.6 is 15.9 Å². The Morgan fingerprint density at radius 2 is 2.28 bits per heavy atom. The highest BCUT2D eigenvalue weighted by atomic mass is 79.9. The minimum Gasteiger partial charge on any atom is -0.398 e. The van der Waals surface area contributed by atoms with E-state index in [9.17, 15) is 4.79 Å². The third kappa shape index (κ3) is 2.89. The third-order valence-electron chi connectivity index (χ3n) is 2.36. The predicted octanol–water partition coefficient (Wildman–Crippen LogP) is 2.26. The Hall–Kier alpha value is -1.82. The van der Waals surface area contributed by atoms with Crippen molar-refractivity contribution < 1.29 is 9.32 Å². The van der Waals surface area contributed by atoms with Crippen molar-refractivity contribution in [2.45, 2.75) is 13.5 Å². The van der Waals surface area contributed by atoms with Gasteiger partial charge in [-0.3, -0.25) is 4.79 Å². The second kappa shape index (κ2) is 5.22. The molecule has 1 amide bonds. The van der Waals surface area contributed by atoms with E-state index in [0.29, 0.717) is 17.0 Å². The number of amides is 1. The van der Waals surface area contributed by atoms with Crippen LogP contribution in [0.5, 0.6) is 0 Å². The van der Waals surface area contributed by atoms with Crippen LogP contribution in [0.4, 0.5) is 5.69 Å². The molecule has 0 saturated heterocycles. The molecule has 0 aliphatic rings. The van der Waals surface area contributed by atoms with Gasteiger partial charge in [0.1, 0.15) is 0 Å². The van der Waals surface area contributed by atoms with Crippen LogP contribution in [0, 0.1) is 6.92 Å². The molecule has 0 bridgehead atoms. The summed E-state index contributed by atoms with van der Waals surface area (Å²) in [7, 11) is 0. The standard InChI is InChI=1S/C12H12BrN3O2/c1-7-4-9(18-16-7)6-15-12(17)10-5-8(13)2-3-11(10)14/h2-5H,6,14H2,1H3,(H,15,17). The number of nitrogens with two attached hydrogens (primary N) is 1. The zero-order valence-electron chi connectivity index (χ0n) is 9.74. The highest BCUT2D eigenvalue weighted by Gasteiger charge is 2.11. The van der Waals surface area contributed by atoms with Gasteiger partial charge in [0.2, 0.25) is 0 Å².